The highest BCUT2D eigenvalue weighted by Gasteiger charge is 2.25. The van der Waals surface area contributed by atoms with Crippen molar-refractivity contribution >= 4 is 28.7 Å². The van der Waals surface area contributed by atoms with Gasteiger partial charge in [0.05, 0.1) is 17.9 Å². The van der Waals surface area contributed by atoms with Crippen LogP contribution in [0.1, 0.15) is 30.5 Å². The van der Waals surface area contributed by atoms with Crippen molar-refractivity contribution in [2.45, 2.75) is 19.3 Å². The van der Waals surface area contributed by atoms with Crippen molar-refractivity contribution in [1.82, 2.24) is 4.98 Å². The number of pyridine rings is 1. The zero-order valence-electron chi connectivity index (χ0n) is 13.3. The number of aromatic nitrogens is 1. The number of ketones is 1. The summed E-state index contributed by atoms with van der Waals surface area (Å²) in [5.41, 5.74) is 1.88. The number of benzene rings is 1. The number of nitrogens with zero attached hydrogens (tertiary/aromatic N) is 1. The van der Waals surface area contributed by atoms with Crippen molar-refractivity contribution in [2.24, 2.45) is 0 Å². The number of allylic oxidation sites excluding steroid dienone is 1. The topological polar surface area (TPSA) is 56.3 Å². The van der Waals surface area contributed by atoms with Crippen molar-refractivity contribution in [1.29, 1.82) is 0 Å². The van der Waals surface area contributed by atoms with Gasteiger partial charge in [0, 0.05) is 17.8 Å². The van der Waals surface area contributed by atoms with Crippen molar-refractivity contribution in [3.8, 4) is 5.75 Å². The molecule has 0 aliphatic carbocycles. The van der Waals surface area contributed by atoms with Crippen LogP contribution in [0.25, 0.3) is 6.08 Å². The zero-order chi connectivity index (χ0) is 16.9. The van der Waals surface area contributed by atoms with Gasteiger partial charge in [0.25, 0.3) is 0 Å². The number of thioether (sulfide) groups is 1. The van der Waals surface area contributed by atoms with Gasteiger partial charge in [0.2, 0.25) is 5.12 Å². The standard InChI is InChI=1S/C19H17NO3S/c1-13(16-4-2-3-9-20-16)12-23-15-7-5-14(6-8-15)10-18-17(21)11-19(22)24-18/h2-10,13H,11-12H2,1H3/b18-10-. The van der Waals surface area contributed by atoms with E-state index in [1.807, 2.05) is 42.5 Å². The van der Waals surface area contributed by atoms with Gasteiger partial charge in [-0.05, 0) is 47.7 Å². The Balaban J connectivity index is 1.60. The lowest BCUT2D eigenvalue weighted by atomic mass is 10.1. The fraction of sp³-hybridized carbons (Fsp3) is 0.211. The molecule has 122 valence electrons. The number of carbonyl (C=O) groups is 2. The minimum atomic E-state index is -0.102. The molecule has 0 N–H and O–H groups in total. The molecule has 0 spiro atoms. The van der Waals surface area contributed by atoms with E-state index in [0.29, 0.717) is 11.5 Å². The second-order valence-electron chi connectivity index (χ2n) is 5.62. The largest absolute Gasteiger partial charge is 0.493 e. The van der Waals surface area contributed by atoms with Crippen LogP contribution in [-0.2, 0) is 9.59 Å². The van der Waals surface area contributed by atoms with E-state index < -0.39 is 0 Å². The summed E-state index contributed by atoms with van der Waals surface area (Å²) in [6, 6.07) is 13.3. The molecule has 0 saturated carbocycles. The number of rotatable bonds is 5. The molecule has 1 aliphatic heterocycles. The van der Waals surface area contributed by atoms with E-state index in [1.165, 1.54) is 0 Å². The van der Waals surface area contributed by atoms with Gasteiger partial charge in [0.1, 0.15) is 5.75 Å². The molecule has 2 heterocycles. The van der Waals surface area contributed by atoms with Gasteiger partial charge >= 0.3 is 0 Å². The molecular weight excluding hydrogens is 322 g/mol. The van der Waals surface area contributed by atoms with Gasteiger partial charge in [-0.3, -0.25) is 14.6 Å². The highest BCUT2D eigenvalue weighted by molar-refractivity contribution is 8.18. The summed E-state index contributed by atoms with van der Waals surface area (Å²) >= 11 is 1.02. The first-order valence-corrected chi connectivity index (χ1v) is 8.53. The Bertz CT molecular complexity index is 769. The number of Topliss-reactive ketones (excluding diaryl/α,β-unsaturated/α-hetero) is 1. The minimum Gasteiger partial charge on any atom is -0.493 e. The third kappa shape index (κ3) is 4.11. The van der Waals surface area contributed by atoms with Crippen molar-refractivity contribution in [3.05, 3.63) is 64.8 Å². The average Bonchev–Trinajstić information content (AvgIpc) is 2.92. The first-order valence-electron chi connectivity index (χ1n) is 7.71. The molecule has 24 heavy (non-hydrogen) atoms. The molecule has 1 aromatic carbocycles. The molecule has 1 fully saturated rings. The molecule has 4 nitrogen and oxygen atoms in total. The molecule has 1 unspecified atom stereocenters. The smallest absolute Gasteiger partial charge is 0.201 e. The molecule has 1 aliphatic rings. The normalized spacial score (nSPS) is 17.3. The Kier molecular flexibility index (Phi) is 5.11. The van der Waals surface area contributed by atoms with E-state index in [4.69, 9.17) is 4.74 Å². The van der Waals surface area contributed by atoms with Crippen LogP contribution in [0.2, 0.25) is 0 Å². The van der Waals surface area contributed by atoms with Crippen LogP contribution in [-0.4, -0.2) is 22.5 Å². The van der Waals surface area contributed by atoms with Gasteiger partial charge < -0.3 is 4.74 Å². The maximum Gasteiger partial charge on any atom is 0.201 e. The first-order chi connectivity index (χ1) is 11.6. The lowest BCUT2D eigenvalue weighted by Gasteiger charge is -2.12. The first kappa shape index (κ1) is 16.5. The second-order valence-corrected chi connectivity index (χ2v) is 6.72. The van der Waals surface area contributed by atoms with Crippen LogP contribution in [0, 0.1) is 0 Å². The van der Waals surface area contributed by atoms with E-state index in [9.17, 15) is 9.59 Å². The van der Waals surface area contributed by atoms with Gasteiger partial charge in [-0.1, -0.05) is 25.1 Å². The lowest BCUT2D eigenvalue weighted by Crippen LogP contribution is -2.08. The molecule has 0 amide bonds. The Morgan fingerprint density at radius 2 is 2.00 bits per heavy atom. The van der Waals surface area contributed by atoms with Crippen LogP contribution < -0.4 is 4.74 Å². The van der Waals surface area contributed by atoms with Gasteiger partial charge in [0.15, 0.2) is 5.78 Å². The zero-order valence-corrected chi connectivity index (χ0v) is 14.1. The molecule has 5 heteroatoms. The monoisotopic (exact) mass is 339 g/mol. The third-order valence-electron chi connectivity index (χ3n) is 3.67. The van der Waals surface area contributed by atoms with Gasteiger partial charge in [-0.25, -0.2) is 0 Å². The fourth-order valence-corrected chi connectivity index (χ4v) is 3.16. The quantitative estimate of drug-likeness (QED) is 0.612. The molecule has 1 atom stereocenters. The number of carbonyl (C=O) groups excluding carboxylic acids is 2. The third-order valence-corrected chi connectivity index (χ3v) is 4.61. The lowest BCUT2D eigenvalue weighted by molar-refractivity contribution is -0.119. The molecule has 3 rings (SSSR count). The SMILES string of the molecule is CC(COc1ccc(/C=C2\SC(=O)CC2=O)cc1)c1ccccn1. The van der Waals surface area contributed by atoms with Crippen LogP contribution in [0.3, 0.4) is 0 Å². The summed E-state index contributed by atoms with van der Waals surface area (Å²) in [7, 11) is 0. The summed E-state index contributed by atoms with van der Waals surface area (Å²) in [4.78, 5) is 27.7. The van der Waals surface area contributed by atoms with E-state index in [-0.39, 0.29) is 23.2 Å². The fourth-order valence-electron chi connectivity index (χ4n) is 2.33. The Morgan fingerprint density at radius 1 is 1.21 bits per heavy atom. The number of hydrogen-bond donors (Lipinski definition) is 0. The Labute approximate surface area is 144 Å². The predicted molar refractivity (Wildman–Crippen MR) is 94.8 cm³/mol. The minimum absolute atomic E-state index is 0.00308. The molecule has 0 radical (unpaired) electrons. The van der Waals surface area contributed by atoms with Crippen LogP contribution in [0.15, 0.2) is 53.6 Å². The Morgan fingerprint density at radius 3 is 2.62 bits per heavy atom. The van der Waals surface area contributed by atoms with Crippen molar-refractivity contribution in [2.75, 3.05) is 6.61 Å². The Hall–Kier alpha value is -2.40. The number of hydrogen-bond acceptors (Lipinski definition) is 5. The second kappa shape index (κ2) is 7.45. The van der Waals surface area contributed by atoms with Crippen LogP contribution in [0.4, 0.5) is 0 Å². The molecular formula is C19H17NO3S. The summed E-state index contributed by atoms with van der Waals surface area (Å²) in [6.45, 7) is 2.61. The highest BCUT2D eigenvalue weighted by atomic mass is 32.2. The van der Waals surface area contributed by atoms with E-state index >= 15 is 0 Å². The highest BCUT2D eigenvalue weighted by Crippen LogP contribution is 2.30. The summed E-state index contributed by atoms with van der Waals surface area (Å²) in [6.07, 6.45) is 3.53. The maximum atomic E-state index is 11.6. The van der Waals surface area contributed by atoms with Crippen LogP contribution in [0.5, 0.6) is 5.75 Å². The van der Waals surface area contributed by atoms with E-state index in [0.717, 1.165) is 28.8 Å². The summed E-state index contributed by atoms with van der Waals surface area (Å²) in [5.74, 6) is 0.863. The van der Waals surface area contributed by atoms with Gasteiger partial charge in [-0.2, -0.15) is 0 Å². The van der Waals surface area contributed by atoms with Crippen molar-refractivity contribution < 1.29 is 14.3 Å². The molecule has 2 aromatic rings. The molecule has 1 saturated heterocycles. The van der Waals surface area contributed by atoms with E-state index in [1.54, 1.807) is 12.3 Å². The number of ether oxygens (including phenoxy) is 1. The van der Waals surface area contributed by atoms with Crippen LogP contribution >= 0.6 is 11.8 Å². The predicted octanol–water partition coefficient (Wildman–Crippen LogP) is 3.84. The molecule has 1 aromatic heterocycles. The molecule has 0 bridgehead atoms. The average molecular weight is 339 g/mol. The summed E-state index contributed by atoms with van der Waals surface area (Å²) < 4.78 is 5.80. The summed E-state index contributed by atoms with van der Waals surface area (Å²) in [5, 5.41) is -0.0882. The van der Waals surface area contributed by atoms with Crippen molar-refractivity contribution in [3.63, 3.8) is 0 Å². The maximum absolute atomic E-state index is 11.6. The van der Waals surface area contributed by atoms with E-state index in [2.05, 4.69) is 11.9 Å². The van der Waals surface area contributed by atoms with Gasteiger partial charge in [-0.15, -0.1) is 0 Å².